The lowest BCUT2D eigenvalue weighted by atomic mass is 10.3. The average Bonchev–Trinajstić information content (AvgIpc) is 2.02. The molecule has 0 spiro atoms. The number of halogens is 3. The lowest BCUT2D eigenvalue weighted by molar-refractivity contribution is 0.322. The third kappa shape index (κ3) is 3.87. The molecule has 72 valence electrons. The van der Waals surface area contributed by atoms with Crippen molar-refractivity contribution in [2.45, 2.75) is 2.33 Å². The third-order valence-electron chi connectivity index (χ3n) is 1.29. The molecule has 0 heterocycles. The first-order chi connectivity index (χ1) is 6.03. The Morgan fingerprint density at radius 1 is 1.08 bits per heavy atom. The van der Waals surface area contributed by atoms with Crippen molar-refractivity contribution in [1.29, 1.82) is 0 Å². The second kappa shape index (κ2) is 4.66. The maximum Gasteiger partial charge on any atom is 0.272 e. The summed E-state index contributed by atoms with van der Waals surface area (Å²) < 4.78 is 9.80. The molecule has 0 bridgehead atoms. The fourth-order valence-electron chi connectivity index (χ4n) is 0.828. The van der Waals surface area contributed by atoms with Crippen molar-refractivity contribution < 1.29 is 9.47 Å². The van der Waals surface area contributed by atoms with E-state index in [0.29, 0.717) is 11.5 Å². The highest BCUT2D eigenvalue weighted by Crippen LogP contribution is 2.39. The normalized spacial score (nSPS) is 11.1. The van der Waals surface area contributed by atoms with Gasteiger partial charge in [0.05, 0.1) is 7.11 Å². The SMILES string of the molecule is COc1ccccc1OC(Br)(Br)Br. The summed E-state index contributed by atoms with van der Waals surface area (Å²) in [5, 5.41) is 0. The Labute approximate surface area is 102 Å². The quantitative estimate of drug-likeness (QED) is 0.732. The van der Waals surface area contributed by atoms with Crippen LogP contribution in [0.1, 0.15) is 0 Å². The predicted octanol–water partition coefficient (Wildman–Crippen LogP) is 3.87. The molecule has 0 fully saturated rings. The minimum atomic E-state index is -0.748. The van der Waals surface area contributed by atoms with Crippen LogP contribution in [0.15, 0.2) is 24.3 Å². The molecule has 0 aliphatic rings. The maximum atomic E-state index is 5.45. The zero-order chi connectivity index (χ0) is 9.90. The van der Waals surface area contributed by atoms with Crippen molar-refractivity contribution in [3.63, 3.8) is 0 Å². The Hall–Kier alpha value is 0.260. The van der Waals surface area contributed by atoms with Gasteiger partial charge in [-0.05, 0) is 59.9 Å². The summed E-state index contributed by atoms with van der Waals surface area (Å²) in [5.41, 5.74) is 0. The molecule has 0 aliphatic carbocycles. The third-order valence-corrected chi connectivity index (χ3v) is 1.78. The van der Waals surface area contributed by atoms with Gasteiger partial charge in [-0.1, -0.05) is 12.1 Å². The maximum absolute atomic E-state index is 5.45. The van der Waals surface area contributed by atoms with Crippen LogP contribution in [0, 0.1) is 0 Å². The van der Waals surface area contributed by atoms with E-state index in [0.717, 1.165) is 0 Å². The van der Waals surface area contributed by atoms with Crippen molar-refractivity contribution in [1.82, 2.24) is 0 Å². The molecular formula is C8H7Br3O2. The van der Waals surface area contributed by atoms with Crippen LogP contribution in [-0.2, 0) is 0 Å². The van der Waals surface area contributed by atoms with Crippen molar-refractivity contribution >= 4 is 47.8 Å². The number of para-hydroxylation sites is 2. The molecule has 1 aromatic carbocycles. The second-order valence-electron chi connectivity index (χ2n) is 2.20. The molecule has 2 nitrogen and oxygen atoms in total. The van der Waals surface area contributed by atoms with E-state index >= 15 is 0 Å². The molecule has 0 amide bonds. The van der Waals surface area contributed by atoms with E-state index in [4.69, 9.17) is 9.47 Å². The zero-order valence-electron chi connectivity index (χ0n) is 6.76. The van der Waals surface area contributed by atoms with Crippen LogP contribution in [-0.4, -0.2) is 9.44 Å². The zero-order valence-corrected chi connectivity index (χ0v) is 11.5. The number of rotatable bonds is 2. The molecule has 1 rings (SSSR count). The van der Waals surface area contributed by atoms with Gasteiger partial charge in [-0.3, -0.25) is 0 Å². The molecule has 0 aliphatic heterocycles. The Kier molecular flexibility index (Phi) is 4.06. The summed E-state index contributed by atoms with van der Waals surface area (Å²) in [4.78, 5) is 0. The standard InChI is InChI=1S/C8H7Br3O2/c1-12-6-4-2-3-5-7(6)13-8(9,10)11/h2-5H,1H3. The van der Waals surface area contributed by atoms with E-state index in [9.17, 15) is 0 Å². The number of hydrogen-bond acceptors (Lipinski definition) is 2. The fraction of sp³-hybridized carbons (Fsp3) is 0.250. The molecule has 0 saturated carbocycles. The van der Waals surface area contributed by atoms with Crippen molar-refractivity contribution in [3.05, 3.63) is 24.3 Å². The average molecular weight is 375 g/mol. The minimum absolute atomic E-state index is 0.649. The van der Waals surface area contributed by atoms with E-state index < -0.39 is 2.33 Å². The number of methoxy groups -OCH3 is 1. The van der Waals surface area contributed by atoms with Gasteiger partial charge in [0.15, 0.2) is 11.5 Å². The highest BCUT2D eigenvalue weighted by Gasteiger charge is 2.21. The number of hydrogen-bond donors (Lipinski definition) is 0. The van der Waals surface area contributed by atoms with Crippen molar-refractivity contribution in [2.24, 2.45) is 0 Å². The topological polar surface area (TPSA) is 18.5 Å². The van der Waals surface area contributed by atoms with Gasteiger partial charge in [0.25, 0.3) is 2.33 Å². The Morgan fingerprint density at radius 2 is 1.62 bits per heavy atom. The molecular weight excluding hydrogens is 368 g/mol. The molecule has 0 radical (unpaired) electrons. The Bertz CT molecular complexity index is 283. The summed E-state index contributed by atoms with van der Waals surface area (Å²) in [6.07, 6.45) is 0. The molecule has 5 heteroatoms. The van der Waals surface area contributed by atoms with E-state index in [2.05, 4.69) is 47.8 Å². The van der Waals surface area contributed by atoms with Crippen molar-refractivity contribution in [2.75, 3.05) is 7.11 Å². The van der Waals surface area contributed by atoms with Crippen LogP contribution >= 0.6 is 47.8 Å². The Balaban J connectivity index is 2.87. The molecule has 0 N–H and O–H groups in total. The smallest absolute Gasteiger partial charge is 0.272 e. The number of benzene rings is 1. The summed E-state index contributed by atoms with van der Waals surface area (Å²) >= 11 is 9.70. The molecule has 0 atom stereocenters. The van der Waals surface area contributed by atoms with E-state index in [1.807, 2.05) is 24.3 Å². The van der Waals surface area contributed by atoms with Gasteiger partial charge >= 0.3 is 0 Å². The summed E-state index contributed by atoms with van der Waals surface area (Å²) in [5.74, 6) is 1.33. The predicted molar refractivity (Wildman–Crippen MR) is 63.1 cm³/mol. The van der Waals surface area contributed by atoms with Gasteiger partial charge in [-0.25, -0.2) is 0 Å². The summed E-state index contributed by atoms with van der Waals surface area (Å²) in [7, 11) is 1.60. The monoisotopic (exact) mass is 372 g/mol. The van der Waals surface area contributed by atoms with E-state index in [-0.39, 0.29) is 0 Å². The first-order valence-electron chi connectivity index (χ1n) is 3.41. The summed E-state index contributed by atoms with van der Waals surface area (Å²) in [6.45, 7) is 0. The molecule has 0 aromatic heterocycles. The van der Waals surface area contributed by atoms with Crippen LogP contribution in [0.5, 0.6) is 11.5 Å². The van der Waals surface area contributed by atoms with Gasteiger partial charge in [0.2, 0.25) is 0 Å². The van der Waals surface area contributed by atoms with Crippen LogP contribution in [0.4, 0.5) is 0 Å². The lowest BCUT2D eigenvalue weighted by Crippen LogP contribution is -2.10. The Morgan fingerprint density at radius 3 is 2.08 bits per heavy atom. The number of alkyl halides is 3. The van der Waals surface area contributed by atoms with Crippen molar-refractivity contribution in [3.8, 4) is 11.5 Å². The van der Waals surface area contributed by atoms with Crippen LogP contribution in [0.25, 0.3) is 0 Å². The van der Waals surface area contributed by atoms with Gasteiger partial charge in [0.1, 0.15) is 0 Å². The first kappa shape index (κ1) is 11.3. The summed E-state index contributed by atoms with van der Waals surface area (Å²) in [6, 6.07) is 7.39. The van der Waals surface area contributed by atoms with Crippen LogP contribution in [0.3, 0.4) is 0 Å². The van der Waals surface area contributed by atoms with Gasteiger partial charge in [-0.2, -0.15) is 0 Å². The van der Waals surface area contributed by atoms with Crippen LogP contribution in [0.2, 0.25) is 0 Å². The first-order valence-corrected chi connectivity index (χ1v) is 5.79. The van der Waals surface area contributed by atoms with Gasteiger partial charge in [0, 0.05) is 0 Å². The highest BCUT2D eigenvalue weighted by atomic mass is 80.0. The van der Waals surface area contributed by atoms with Gasteiger partial charge < -0.3 is 9.47 Å². The molecule has 1 aromatic rings. The molecule has 13 heavy (non-hydrogen) atoms. The second-order valence-corrected chi connectivity index (χ2v) is 8.74. The lowest BCUT2D eigenvalue weighted by Gasteiger charge is -2.16. The van der Waals surface area contributed by atoms with Gasteiger partial charge in [-0.15, -0.1) is 0 Å². The highest BCUT2D eigenvalue weighted by molar-refractivity contribution is 9.39. The number of ether oxygens (including phenoxy) is 2. The van der Waals surface area contributed by atoms with E-state index in [1.54, 1.807) is 7.11 Å². The fourth-order valence-corrected chi connectivity index (χ4v) is 1.35. The molecule has 0 saturated heterocycles. The molecule has 0 unspecified atom stereocenters. The minimum Gasteiger partial charge on any atom is -0.493 e. The largest absolute Gasteiger partial charge is 0.493 e. The van der Waals surface area contributed by atoms with E-state index in [1.165, 1.54) is 0 Å². The van der Waals surface area contributed by atoms with Crippen LogP contribution < -0.4 is 9.47 Å².